The van der Waals surface area contributed by atoms with Crippen molar-refractivity contribution in [1.82, 2.24) is 0 Å². The van der Waals surface area contributed by atoms with Crippen molar-refractivity contribution in [3.8, 4) is 0 Å². The molecule has 0 spiro atoms. The number of hydrogen-bond donors (Lipinski definition) is 1. The van der Waals surface area contributed by atoms with Crippen molar-refractivity contribution in [1.29, 1.82) is 0 Å². The molecule has 0 rings (SSSR count). The van der Waals surface area contributed by atoms with E-state index in [1.54, 1.807) is 0 Å². The van der Waals surface area contributed by atoms with Gasteiger partial charge in [-0.05, 0) is 19.6 Å². The summed E-state index contributed by atoms with van der Waals surface area (Å²) in [5.41, 5.74) is 0. The molecule has 1 unspecified atom stereocenters. The van der Waals surface area contributed by atoms with Gasteiger partial charge >= 0.3 is 8.89 Å². The van der Waals surface area contributed by atoms with Crippen LogP contribution < -0.4 is 0 Å². The van der Waals surface area contributed by atoms with E-state index in [9.17, 15) is 4.11 Å². The lowest BCUT2D eigenvalue weighted by atomic mass is 11.8. The van der Waals surface area contributed by atoms with E-state index >= 15 is 0 Å². The van der Waals surface area contributed by atoms with Crippen LogP contribution in [0.3, 0.4) is 0 Å². The van der Waals surface area contributed by atoms with Crippen LogP contribution in [0.2, 0.25) is 26.2 Å². The Hall–Kier alpha value is 0.284. The van der Waals surface area contributed by atoms with Crippen LogP contribution in [0.15, 0.2) is 0 Å². The minimum atomic E-state index is -3.73. The molecule has 0 aromatic heterocycles. The van der Waals surface area contributed by atoms with E-state index in [0.717, 1.165) is 6.55 Å². The first kappa shape index (κ1) is 9.28. The monoisotopic (exact) mass is 168 g/mol. The third-order valence-electron chi connectivity index (χ3n) is 0.492. The maximum Gasteiger partial charge on any atom is 0.523 e. The Labute approximate surface area is 57.2 Å². The van der Waals surface area contributed by atoms with Gasteiger partial charge in [0.2, 0.25) is 0 Å². The standard InChI is InChI=1S/C4H13FO2Si2/c1-8(2,3)7-9(4,5)6/h6H,1-4H3. The molecule has 0 saturated carbocycles. The van der Waals surface area contributed by atoms with E-state index in [0.29, 0.717) is 0 Å². The zero-order chi connectivity index (χ0) is 7.71. The third kappa shape index (κ3) is 8.28. The molecule has 0 aliphatic carbocycles. The predicted octanol–water partition coefficient (Wildman–Crippen LogP) is 1.37. The topological polar surface area (TPSA) is 29.5 Å². The van der Waals surface area contributed by atoms with Gasteiger partial charge < -0.3 is 8.91 Å². The highest BCUT2D eigenvalue weighted by molar-refractivity contribution is 6.78. The van der Waals surface area contributed by atoms with Gasteiger partial charge in [0.05, 0.1) is 0 Å². The van der Waals surface area contributed by atoms with Crippen molar-refractivity contribution < 1.29 is 13.0 Å². The maximum absolute atomic E-state index is 12.4. The number of hydrogen-bond acceptors (Lipinski definition) is 2. The Kier molecular flexibility index (Phi) is 2.57. The van der Waals surface area contributed by atoms with Gasteiger partial charge in [-0.1, -0.05) is 0 Å². The van der Waals surface area contributed by atoms with Gasteiger partial charge in [-0.2, -0.15) is 0 Å². The van der Waals surface area contributed by atoms with E-state index in [-0.39, 0.29) is 0 Å². The minimum absolute atomic E-state index is 1.13. The molecule has 0 aromatic rings. The fraction of sp³-hybridized carbons (Fsp3) is 1.00. The SMILES string of the molecule is C[Si](C)(C)O[Si](C)(O)F. The van der Waals surface area contributed by atoms with E-state index in [2.05, 4.69) is 0 Å². The maximum atomic E-state index is 12.4. The van der Waals surface area contributed by atoms with Crippen molar-refractivity contribution >= 4 is 17.2 Å². The molecule has 0 radical (unpaired) electrons. The lowest BCUT2D eigenvalue weighted by molar-refractivity contribution is 0.308. The van der Waals surface area contributed by atoms with E-state index in [4.69, 9.17) is 8.91 Å². The van der Waals surface area contributed by atoms with Crippen LogP contribution in [0.1, 0.15) is 0 Å². The fourth-order valence-corrected chi connectivity index (χ4v) is 5.03. The molecule has 0 fully saturated rings. The van der Waals surface area contributed by atoms with Crippen LogP contribution in [0.25, 0.3) is 0 Å². The van der Waals surface area contributed by atoms with E-state index in [1.165, 1.54) is 0 Å². The molecule has 0 bridgehead atoms. The van der Waals surface area contributed by atoms with Crippen molar-refractivity contribution in [2.24, 2.45) is 0 Å². The molecule has 9 heavy (non-hydrogen) atoms. The highest BCUT2D eigenvalue weighted by atomic mass is 28.5. The van der Waals surface area contributed by atoms with Crippen LogP contribution >= 0.6 is 0 Å². The first-order chi connectivity index (χ1) is 3.71. The normalized spacial score (nSPS) is 19.3. The zero-order valence-corrected chi connectivity index (χ0v) is 8.23. The van der Waals surface area contributed by atoms with Crippen molar-refractivity contribution in [3.05, 3.63) is 0 Å². The zero-order valence-electron chi connectivity index (χ0n) is 6.23. The molecule has 0 aliphatic rings. The smallest absolute Gasteiger partial charge is 0.413 e. The molecular formula is C4H13FO2Si2. The summed E-state index contributed by atoms with van der Waals surface area (Å²) in [7, 11) is -5.59. The van der Waals surface area contributed by atoms with Gasteiger partial charge in [0.1, 0.15) is 0 Å². The Bertz CT molecular complexity index is 81.7. The molecule has 0 aliphatic heterocycles. The summed E-state index contributed by atoms with van der Waals surface area (Å²) in [6.07, 6.45) is 0. The molecular weight excluding hydrogens is 155 g/mol. The summed E-state index contributed by atoms with van der Waals surface area (Å²) in [6, 6.07) is 0. The van der Waals surface area contributed by atoms with Gasteiger partial charge in [-0.15, -0.1) is 0 Å². The second-order valence-electron chi connectivity index (χ2n) is 3.08. The molecule has 0 saturated heterocycles. The Morgan fingerprint density at radius 3 is 1.56 bits per heavy atom. The van der Waals surface area contributed by atoms with Crippen LogP contribution in [-0.4, -0.2) is 22.0 Å². The summed E-state index contributed by atoms with van der Waals surface area (Å²) >= 11 is 0. The second-order valence-corrected chi connectivity index (χ2v) is 9.86. The third-order valence-corrected chi connectivity index (χ3v) is 4.43. The first-order valence-electron chi connectivity index (χ1n) is 2.82. The highest BCUT2D eigenvalue weighted by Crippen LogP contribution is 2.11. The Morgan fingerprint density at radius 2 is 1.56 bits per heavy atom. The number of halogens is 1. The molecule has 0 heterocycles. The predicted molar refractivity (Wildman–Crippen MR) is 39.4 cm³/mol. The number of rotatable bonds is 2. The quantitative estimate of drug-likeness (QED) is 0.498. The molecule has 5 heteroatoms. The van der Waals surface area contributed by atoms with E-state index < -0.39 is 17.2 Å². The summed E-state index contributed by atoms with van der Waals surface area (Å²) in [6.45, 7) is 6.65. The lowest BCUT2D eigenvalue weighted by Crippen LogP contribution is -2.41. The van der Waals surface area contributed by atoms with Crippen molar-refractivity contribution in [2.75, 3.05) is 0 Å². The van der Waals surface area contributed by atoms with Gasteiger partial charge in [0.25, 0.3) is 0 Å². The Balaban J connectivity index is 3.75. The first-order valence-corrected chi connectivity index (χ1v) is 8.46. The van der Waals surface area contributed by atoms with Gasteiger partial charge in [-0.3, -0.25) is 0 Å². The van der Waals surface area contributed by atoms with Crippen molar-refractivity contribution in [2.45, 2.75) is 26.2 Å². The largest absolute Gasteiger partial charge is 0.523 e. The van der Waals surface area contributed by atoms with Crippen LogP contribution in [-0.2, 0) is 4.12 Å². The van der Waals surface area contributed by atoms with Crippen LogP contribution in [0.5, 0.6) is 0 Å². The van der Waals surface area contributed by atoms with Gasteiger partial charge in [0, 0.05) is 6.55 Å². The molecule has 2 nitrogen and oxygen atoms in total. The van der Waals surface area contributed by atoms with Crippen molar-refractivity contribution in [3.63, 3.8) is 0 Å². The summed E-state index contributed by atoms with van der Waals surface area (Å²) in [5, 5.41) is 0. The molecule has 0 amide bonds. The molecule has 1 atom stereocenters. The fourth-order valence-electron chi connectivity index (χ4n) is 0.559. The highest BCUT2D eigenvalue weighted by Gasteiger charge is 2.33. The molecule has 56 valence electrons. The Morgan fingerprint density at radius 1 is 1.22 bits per heavy atom. The van der Waals surface area contributed by atoms with Gasteiger partial charge in [0.15, 0.2) is 8.32 Å². The minimum Gasteiger partial charge on any atom is -0.413 e. The van der Waals surface area contributed by atoms with Gasteiger partial charge in [-0.25, -0.2) is 4.11 Å². The second kappa shape index (κ2) is 2.49. The van der Waals surface area contributed by atoms with Crippen LogP contribution in [0.4, 0.5) is 4.11 Å². The lowest BCUT2D eigenvalue weighted by Gasteiger charge is -2.21. The molecule has 0 aromatic carbocycles. The average Bonchev–Trinajstić information content (AvgIpc) is 1.14. The summed E-state index contributed by atoms with van der Waals surface area (Å²) in [5.74, 6) is 0. The van der Waals surface area contributed by atoms with E-state index in [1.807, 2.05) is 19.6 Å². The summed E-state index contributed by atoms with van der Waals surface area (Å²) in [4.78, 5) is 8.64. The summed E-state index contributed by atoms with van der Waals surface area (Å²) < 4.78 is 17.2. The van der Waals surface area contributed by atoms with Crippen LogP contribution in [0, 0.1) is 0 Å². The average molecular weight is 168 g/mol. The molecule has 1 N–H and O–H groups in total.